The molecule has 1 fully saturated rings. The Morgan fingerprint density at radius 2 is 1.71 bits per heavy atom. The summed E-state index contributed by atoms with van der Waals surface area (Å²) in [6, 6.07) is 0. The lowest BCUT2D eigenvalue weighted by molar-refractivity contribution is -0.0221. The molecule has 1 rings (SSSR count). The van der Waals surface area contributed by atoms with E-state index in [2.05, 4.69) is 6.92 Å². The summed E-state index contributed by atoms with van der Waals surface area (Å²) in [6.45, 7) is 4.16. The SMILES string of the molecule is CC1COC1.CO. The quantitative estimate of drug-likeness (QED) is 0.477. The maximum Gasteiger partial charge on any atom is 0.0513 e. The molecule has 0 aliphatic carbocycles. The monoisotopic (exact) mass is 104 g/mol. The van der Waals surface area contributed by atoms with Gasteiger partial charge in [-0.1, -0.05) is 6.92 Å². The van der Waals surface area contributed by atoms with E-state index < -0.39 is 0 Å². The number of aliphatic hydroxyl groups excluding tert-OH is 1. The van der Waals surface area contributed by atoms with Crippen LogP contribution in [0.25, 0.3) is 0 Å². The topological polar surface area (TPSA) is 29.5 Å². The first kappa shape index (κ1) is 6.92. The standard InChI is InChI=1S/C4H8O.CH4O/c1-4-2-5-3-4;1-2/h4H,2-3H2,1H3;2H,1H3. The van der Waals surface area contributed by atoms with Crippen LogP contribution in [0.5, 0.6) is 0 Å². The van der Waals surface area contributed by atoms with Crippen molar-refractivity contribution >= 4 is 0 Å². The van der Waals surface area contributed by atoms with Crippen LogP contribution in [0.1, 0.15) is 6.92 Å². The average molecular weight is 104 g/mol. The molecule has 0 bridgehead atoms. The maximum atomic E-state index is 7.00. The summed E-state index contributed by atoms with van der Waals surface area (Å²) in [5.74, 6) is 0.843. The van der Waals surface area contributed by atoms with Gasteiger partial charge in [0.2, 0.25) is 0 Å². The van der Waals surface area contributed by atoms with Crippen LogP contribution in [0, 0.1) is 5.92 Å². The molecule has 1 N–H and O–H groups in total. The minimum atomic E-state index is 0.843. The summed E-state index contributed by atoms with van der Waals surface area (Å²) in [6.07, 6.45) is 0. The number of rotatable bonds is 0. The van der Waals surface area contributed by atoms with Crippen molar-refractivity contribution in [1.29, 1.82) is 0 Å². The lowest BCUT2D eigenvalue weighted by Crippen LogP contribution is -2.23. The van der Waals surface area contributed by atoms with Crippen LogP contribution >= 0.6 is 0 Å². The van der Waals surface area contributed by atoms with E-state index in [1.165, 1.54) is 0 Å². The van der Waals surface area contributed by atoms with Gasteiger partial charge in [0, 0.05) is 13.0 Å². The normalized spacial score (nSPS) is 19.3. The van der Waals surface area contributed by atoms with Gasteiger partial charge in [-0.15, -0.1) is 0 Å². The molecule has 0 aromatic heterocycles. The molecular weight excluding hydrogens is 92.1 g/mol. The second-order valence-corrected chi connectivity index (χ2v) is 1.64. The van der Waals surface area contributed by atoms with Crippen LogP contribution in [0.4, 0.5) is 0 Å². The van der Waals surface area contributed by atoms with Crippen LogP contribution in [0.3, 0.4) is 0 Å². The Kier molecular flexibility index (Phi) is 4.04. The van der Waals surface area contributed by atoms with E-state index in [0.29, 0.717) is 0 Å². The number of hydrogen-bond acceptors (Lipinski definition) is 2. The molecule has 0 spiro atoms. The molecule has 0 amide bonds. The molecular formula is C5H12O2. The second-order valence-electron chi connectivity index (χ2n) is 1.64. The Hall–Kier alpha value is -0.0800. The molecule has 44 valence electrons. The van der Waals surface area contributed by atoms with E-state index >= 15 is 0 Å². The summed E-state index contributed by atoms with van der Waals surface area (Å²) in [4.78, 5) is 0. The van der Waals surface area contributed by atoms with E-state index in [4.69, 9.17) is 9.84 Å². The molecule has 0 atom stereocenters. The molecule has 1 saturated heterocycles. The lowest BCUT2D eigenvalue weighted by atomic mass is 10.2. The Labute approximate surface area is 44.1 Å². The fourth-order valence-electron chi connectivity index (χ4n) is 0.354. The van der Waals surface area contributed by atoms with Crippen molar-refractivity contribution in [3.05, 3.63) is 0 Å². The fourth-order valence-corrected chi connectivity index (χ4v) is 0.354. The van der Waals surface area contributed by atoms with Crippen LogP contribution < -0.4 is 0 Å². The van der Waals surface area contributed by atoms with E-state index in [-0.39, 0.29) is 0 Å². The molecule has 0 unspecified atom stereocenters. The van der Waals surface area contributed by atoms with E-state index in [0.717, 1.165) is 26.2 Å². The Bertz CT molecular complexity index is 33.1. The lowest BCUT2D eigenvalue weighted by Gasteiger charge is -2.20. The Morgan fingerprint density at radius 1 is 1.43 bits per heavy atom. The van der Waals surface area contributed by atoms with Crippen LogP contribution in [0.15, 0.2) is 0 Å². The van der Waals surface area contributed by atoms with Gasteiger partial charge in [0.05, 0.1) is 13.2 Å². The smallest absolute Gasteiger partial charge is 0.0513 e. The molecule has 7 heavy (non-hydrogen) atoms. The number of ether oxygens (including phenoxy) is 1. The minimum absolute atomic E-state index is 0.843. The van der Waals surface area contributed by atoms with Crippen molar-refractivity contribution in [2.45, 2.75) is 6.92 Å². The maximum absolute atomic E-state index is 7.00. The van der Waals surface area contributed by atoms with Crippen molar-refractivity contribution in [2.75, 3.05) is 20.3 Å². The Balaban J connectivity index is 0.000000162. The predicted octanol–water partition coefficient (Wildman–Crippen LogP) is 0.261. The van der Waals surface area contributed by atoms with Crippen LogP contribution in [-0.4, -0.2) is 25.4 Å². The molecule has 2 heteroatoms. The summed E-state index contributed by atoms with van der Waals surface area (Å²) < 4.78 is 4.83. The van der Waals surface area contributed by atoms with Crippen LogP contribution in [0.2, 0.25) is 0 Å². The highest BCUT2D eigenvalue weighted by molar-refractivity contribution is 4.56. The molecule has 0 radical (unpaired) electrons. The molecule has 0 saturated carbocycles. The third-order valence-electron chi connectivity index (χ3n) is 0.805. The third-order valence-corrected chi connectivity index (χ3v) is 0.805. The Morgan fingerprint density at radius 3 is 1.71 bits per heavy atom. The molecule has 0 aromatic carbocycles. The first-order valence-corrected chi connectivity index (χ1v) is 2.42. The zero-order valence-electron chi connectivity index (χ0n) is 4.85. The first-order valence-electron chi connectivity index (χ1n) is 2.42. The summed E-state index contributed by atoms with van der Waals surface area (Å²) >= 11 is 0. The third kappa shape index (κ3) is 2.60. The van der Waals surface area contributed by atoms with Crippen molar-refractivity contribution in [2.24, 2.45) is 5.92 Å². The average Bonchev–Trinajstić information content (AvgIpc) is 1.68. The van der Waals surface area contributed by atoms with E-state index in [1.807, 2.05) is 0 Å². The molecule has 1 aliphatic heterocycles. The molecule has 1 aliphatic rings. The molecule has 1 heterocycles. The van der Waals surface area contributed by atoms with E-state index in [9.17, 15) is 0 Å². The van der Waals surface area contributed by atoms with Crippen molar-refractivity contribution in [3.8, 4) is 0 Å². The highest BCUT2D eigenvalue weighted by atomic mass is 16.5. The predicted molar refractivity (Wildman–Crippen MR) is 28.1 cm³/mol. The summed E-state index contributed by atoms with van der Waals surface area (Å²) in [5, 5.41) is 7.00. The van der Waals surface area contributed by atoms with Gasteiger partial charge in [0.15, 0.2) is 0 Å². The zero-order chi connectivity index (χ0) is 5.70. The highest BCUT2D eigenvalue weighted by Crippen LogP contribution is 2.05. The van der Waals surface area contributed by atoms with Gasteiger partial charge in [-0.05, 0) is 0 Å². The first-order chi connectivity index (χ1) is 3.39. The highest BCUT2D eigenvalue weighted by Gasteiger charge is 2.09. The number of aliphatic hydroxyl groups is 1. The van der Waals surface area contributed by atoms with Crippen LogP contribution in [-0.2, 0) is 4.74 Å². The van der Waals surface area contributed by atoms with Crippen molar-refractivity contribution in [3.63, 3.8) is 0 Å². The minimum Gasteiger partial charge on any atom is -0.400 e. The summed E-state index contributed by atoms with van der Waals surface area (Å²) in [7, 11) is 1.00. The van der Waals surface area contributed by atoms with Gasteiger partial charge in [-0.2, -0.15) is 0 Å². The number of hydrogen-bond donors (Lipinski definition) is 1. The van der Waals surface area contributed by atoms with Gasteiger partial charge in [-0.3, -0.25) is 0 Å². The van der Waals surface area contributed by atoms with E-state index in [1.54, 1.807) is 0 Å². The van der Waals surface area contributed by atoms with Crippen molar-refractivity contribution < 1.29 is 9.84 Å². The largest absolute Gasteiger partial charge is 0.400 e. The second kappa shape index (κ2) is 4.09. The van der Waals surface area contributed by atoms with Gasteiger partial charge < -0.3 is 9.84 Å². The van der Waals surface area contributed by atoms with Gasteiger partial charge >= 0.3 is 0 Å². The zero-order valence-corrected chi connectivity index (χ0v) is 4.85. The van der Waals surface area contributed by atoms with Crippen molar-refractivity contribution in [1.82, 2.24) is 0 Å². The molecule has 2 nitrogen and oxygen atoms in total. The molecule has 0 aromatic rings. The van der Waals surface area contributed by atoms with Gasteiger partial charge in [-0.25, -0.2) is 0 Å². The van der Waals surface area contributed by atoms with Gasteiger partial charge in [0.1, 0.15) is 0 Å². The van der Waals surface area contributed by atoms with Gasteiger partial charge in [0.25, 0.3) is 0 Å². The summed E-state index contributed by atoms with van der Waals surface area (Å²) in [5.41, 5.74) is 0. The fraction of sp³-hybridized carbons (Fsp3) is 1.00.